The molecule has 3 nitrogen and oxygen atoms in total. The third kappa shape index (κ3) is 3.67. The molecule has 0 heterocycles. The third-order valence-electron chi connectivity index (χ3n) is 3.92. The van der Waals surface area contributed by atoms with Crippen molar-refractivity contribution in [2.75, 3.05) is 5.32 Å². The van der Waals surface area contributed by atoms with Gasteiger partial charge in [0.05, 0.1) is 6.04 Å². The zero-order valence-corrected chi connectivity index (χ0v) is 13.9. The quantitative estimate of drug-likeness (QED) is 0.839. The summed E-state index contributed by atoms with van der Waals surface area (Å²) in [6.07, 6.45) is 0. The molecule has 0 aromatic heterocycles. The van der Waals surface area contributed by atoms with Gasteiger partial charge in [0.2, 0.25) is 0 Å². The molecule has 0 aliphatic carbocycles. The fourth-order valence-electron chi connectivity index (χ4n) is 2.87. The number of urea groups is 1. The molecule has 2 amide bonds. The average molecular weight is 296 g/mol. The van der Waals surface area contributed by atoms with Gasteiger partial charge in [0.1, 0.15) is 0 Å². The van der Waals surface area contributed by atoms with Crippen LogP contribution in [0.1, 0.15) is 40.8 Å². The van der Waals surface area contributed by atoms with Gasteiger partial charge in [-0.1, -0.05) is 42.0 Å². The second kappa shape index (κ2) is 6.65. The van der Waals surface area contributed by atoms with Crippen molar-refractivity contribution >= 4 is 11.7 Å². The Bertz CT molecular complexity index is 669. The van der Waals surface area contributed by atoms with Crippen molar-refractivity contribution in [3.63, 3.8) is 0 Å². The number of rotatable bonds is 3. The van der Waals surface area contributed by atoms with E-state index in [4.69, 9.17) is 0 Å². The fourth-order valence-corrected chi connectivity index (χ4v) is 2.87. The molecule has 0 aliphatic rings. The first-order chi connectivity index (χ1) is 10.4. The Kier molecular flexibility index (Phi) is 4.86. The van der Waals surface area contributed by atoms with Gasteiger partial charge in [-0.2, -0.15) is 0 Å². The maximum atomic E-state index is 12.3. The van der Waals surface area contributed by atoms with Gasteiger partial charge in [0.25, 0.3) is 0 Å². The number of carbonyl (C=O) groups excluding carboxylic acids is 1. The Morgan fingerprint density at radius 3 is 2.14 bits per heavy atom. The normalized spacial score (nSPS) is 11.9. The maximum absolute atomic E-state index is 12.3. The van der Waals surface area contributed by atoms with Crippen molar-refractivity contribution in [2.24, 2.45) is 0 Å². The average Bonchev–Trinajstić information content (AvgIpc) is 2.43. The second-order valence-electron chi connectivity index (χ2n) is 5.95. The summed E-state index contributed by atoms with van der Waals surface area (Å²) in [6.45, 7) is 10.1. The van der Waals surface area contributed by atoms with Crippen LogP contribution in [0.2, 0.25) is 0 Å². The first-order valence-corrected chi connectivity index (χ1v) is 7.59. The molecule has 0 saturated carbocycles. The van der Waals surface area contributed by atoms with Crippen LogP contribution in [-0.2, 0) is 0 Å². The van der Waals surface area contributed by atoms with E-state index >= 15 is 0 Å². The summed E-state index contributed by atoms with van der Waals surface area (Å²) in [4.78, 5) is 12.3. The molecule has 0 bridgehead atoms. The first kappa shape index (κ1) is 16.1. The lowest BCUT2D eigenvalue weighted by atomic mass is 10.0. The van der Waals surface area contributed by atoms with Gasteiger partial charge in [-0.05, 0) is 56.9 Å². The van der Waals surface area contributed by atoms with Gasteiger partial charge in [-0.25, -0.2) is 4.79 Å². The number of hydrogen-bond donors (Lipinski definition) is 2. The van der Waals surface area contributed by atoms with E-state index in [0.29, 0.717) is 0 Å². The van der Waals surface area contributed by atoms with E-state index in [2.05, 4.69) is 42.7 Å². The van der Waals surface area contributed by atoms with Crippen LogP contribution < -0.4 is 10.6 Å². The van der Waals surface area contributed by atoms with E-state index in [0.717, 1.165) is 22.4 Å². The summed E-state index contributed by atoms with van der Waals surface area (Å²) in [5, 5.41) is 5.98. The lowest BCUT2D eigenvalue weighted by molar-refractivity contribution is 0.249. The summed E-state index contributed by atoms with van der Waals surface area (Å²) < 4.78 is 0. The molecule has 116 valence electrons. The highest BCUT2D eigenvalue weighted by molar-refractivity contribution is 5.91. The first-order valence-electron chi connectivity index (χ1n) is 7.59. The van der Waals surface area contributed by atoms with Gasteiger partial charge in [-0.3, -0.25) is 0 Å². The highest BCUT2D eigenvalue weighted by Crippen LogP contribution is 2.22. The Balaban J connectivity index is 2.09. The second-order valence-corrected chi connectivity index (χ2v) is 5.95. The minimum Gasteiger partial charge on any atom is -0.331 e. The van der Waals surface area contributed by atoms with Gasteiger partial charge in [0, 0.05) is 5.69 Å². The lowest BCUT2D eigenvalue weighted by Gasteiger charge is -2.18. The van der Waals surface area contributed by atoms with Crippen LogP contribution in [0.3, 0.4) is 0 Å². The van der Waals surface area contributed by atoms with Crippen molar-refractivity contribution in [2.45, 2.75) is 40.7 Å². The summed E-state index contributed by atoms with van der Waals surface area (Å²) in [5.74, 6) is 0. The largest absolute Gasteiger partial charge is 0.331 e. The van der Waals surface area contributed by atoms with Crippen molar-refractivity contribution in [3.05, 3.63) is 64.2 Å². The molecular weight excluding hydrogens is 272 g/mol. The van der Waals surface area contributed by atoms with Gasteiger partial charge < -0.3 is 10.6 Å². The molecule has 3 heteroatoms. The van der Waals surface area contributed by atoms with E-state index in [-0.39, 0.29) is 12.1 Å². The predicted octanol–water partition coefficient (Wildman–Crippen LogP) is 4.80. The highest BCUT2D eigenvalue weighted by atomic mass is 16.2. The van der Waals surface area contributed by atoms with Crippen LogP contribution in [0.4, 0.5) is 10.5 Å². The third-order valence-corrected chi connectivity index (χ3v) is 3.92. The molecule has 22 heavy (non-hydrogen) atoms. The molecular formula is C19H24N2O. The molecule has 0 spiro atoms. The Labute approximate surface area is 132 Å². The van der Waals surface area contributed by atoms with Crippen LogP contribution in [0, 0.1) is 27.7 Å². The fraction of sp³-hybridized carbons (Fsp3) is 0.316. The minimum atomic E-state index is -0.175. The molecule has 2 aromatic rings. The molecule has 2 N–H and O–H groups in total. The minimum absolute atomic E-state index is 0.0349. The van der Waals surface area contributed by atoms with E-state index in [1.165, 1.54) is 11.1 Å². The number of anilines is 1. The van der Waals surface area contributed by atoms with Gasteiger partial charge in [-0.15, -0.1) is 0 Å². The van der Waals surface area contributed by atoms with Gasteiger partial charge in [0.15, 0.2) is 0 Å². The molecule has 0 saturated heterocycles. The summed E-state index contributed by atoms with van der Waals surface area (Å²) >= 11 is 0. The van der Waals surface area contributed by atoms with E-state index in [1.807, 2.05) is 39.0 Å². The molecule has 0 aliphatic heterocycles. The summed E-state index contributed by atoms with van der Waals surface area (Å²) in [7, 11) is 0. The molecule has 1 atom stereocenters. The Morgan fingerprint density at radius 2 is 1.55 bits per heavy atom. The van der Waals surface area contributed by atoms with Crippen LogP contribution in [0.15, 0.2) is 36.4 Å². The van der Waals surface area contributed by atoms with Crippen molar-refractivity contribution in [3.8, 4) is 0 Å². The monoisotopic (exact) mass is 296 g/mol. The number of benzene rings is 2. The molecule has 0 unspecified atom stereocenters. The van der Waals surface area contributed by atoms with E-state index in [9.17, 15) is 4.79 Å². The van der Waals surface area contributed by atoms with Crippen molar-refractivity contribution in [1.29, 1.82) is 0 Å². The topological polar surface area (TPSA) is 41.1 Å². The lowest BCUT2D eigenvalue weighted by Crippen LogP contribution is -2.32. The predicted molar refractivity (Wildman–Crippen MR) is 92.4 cm³/mol. The van der Waals surface area contributed by atoms with Crippen LogP contribution >= 0.6 is 0 Å². The van der Waals surface area contributed by atoms with Crippen LogP contribution in [0.5, 0.6) is 0 Å². The van der Waals surface area contributed by atoms with Crippen molar-refractivity contribution in [1.82, 2.24) is 5.32 Å². The van der Waals surface area contributed by atoms with E-state index in [1.54, 1.807) is 0 Å². The van der Waals surface area contributed by atoms with Crippen molar-refractivity contribution < 1.29 is 4.79 Å². The zero-order chi connectivity index (χ0) is 16.3. The number of hydrogen-bond acceptors (Lipinski definition) is 1. The highest BCUT2D eigenvalue weighted by Gasteiger charge is 2.13. The number of carbonyl (C=O) groups is 1. The number of aryl methyl sites for hydroxylation is 4. The summed E-state index contributed by atoms with van der Waals surface area (Å²) in [5.41, 5.74) is 6.56. The molecule has 0 fully saturated rings. The molecule has 2 aromatic carbocycles. The Morgan fingerprint density at radius 1 is 0.955 bits per heavy atom. The summed E-state index contributed by atoms with van der Waals surface area (Å²) in [6, 6.07) is 12.0. The van der Waals surface area contributed by atoms with E-state index < -0.39 is 0 Å². The van der Waals surface area contributed by atoms with Crippen LogP contribution in [-0.4, -0.2) is 6.03 Å². The smallest absolute Gasteiger partial charge is 0.319 e. The van der Waals surface area contributed by atoms with Gasteiger partial charge >= 0.3 is 6.03 Å². The molecule has 2 rings (SSSR count). The number of amides is 2. The van der Waals surface area contributed by atoms with Crippen LogP contribution in [0.25, 0.3) is 0 Å². The zero-order valence-electron chi connectivity index (χ0n) is 13.9. The number of nitrogens with one attached hydrogen (secondary N) is 2. The molecule has 0 radical (unpaired) electrons. The standard InChI is InChI=1S/C19H24N2O/c1-12-10-14(3)18(15(4)11-12)21-19(22)20-16(5)17-9-7-6-8-13(17)2/h6-11,16H,1-5H3,(H2,20,21,22)/t16-/m1/s1. The SMILES string of the molecule is Cc1cc(C)c(NC(=O)N[C@H](C)c2ccccc2C)c(C)c1. The maximum Gasteiger partial charge on any atom is 0.319 e. The Hall–Kier alpha value is -2.29.